The van der Waals surface area contributed by atoms with E-state index in [1.54, 1.807) is 13.8 Å². The number of benzene rings is 1. The largest absolute Gasteiger partial charge is 0.508 e. The summed E-state index contributed by atoms with van der Waals surface area (Å²) in [6.45, 7) is 4.27. The molecule has 0 heterocycles. The number of hydrogen-bond acceptors (Lipinski definition) is 4. The topological polar surface area (TPSA) is 66.8 Å². The van der Waals surface area contributed by atoms with Crippen LogP contribution < -0.4 is 4.74 Å². The molecule has 1 aromatic carbocycles. The van der Waals surface area contributed by atoms with Gasteiger partial charge in [-0.3, -0.25) is 0 Å². The number of ether oxygens (including phenoxy) is 1. The number of phenolic OH excluding ortho intramolecular Hbond substituents is 1. The van der Waals surface area contributed by atoms with Crippen LogP contribution in [-0.2, 0) is 10.0 Å². The standard InChI is InChI=1S/C11H17NO4S/c1-4-12(5-2)17(14,15)11-8-9(13)6-7-10(11)16-3/h6-8,13H,4-5H2,1-3H3. The van der Waals surface area contributed by atoms with Gasteiger partial charge in [-0.2, -0.15) is 4.31 Å². The monoisotopic (exact) mass is 259 g/mol. The number of aromatic hydroxyl groups is 1. The van der Waals surface area contributed by atoms with Crippen molar-refractivity contribution in [3.8, 4) is 11.5 Å². The zero-order valence-corrected chi connectivity index (χ0v) is 11.0. The van der Waals surface area contributed by atoms with E-state index >= 15 is 0 Å². The van der Waals surface area contributed by atoms with E-state index in [9.17, 15) is 13.5 Å². The van der Waals surface area contributed by atoms with Crippen molar-refractivity contribution < 1.29 is 18.3 Å². The molecule has 0 atom stereocenters. The molecule has 0 aromatic heterocycles. The van der Waals surface area contributed by atoms with Crippen molar-refractivity contribution in [2.24, 2.45) is 0 Å². The summed E-state index contributed by atoms with van der Waals surface area (Å²) in [5.41, 5.74) is 0. The molecule has 1 rings (SSSR count). The molecule has 0 bridgehead atoms. The lowest BCUT2D eigenvalue weighted by Crippen LogP contribution is -2.30. The minimum absolute atomic E-state index is 0.0105. The molecule has 17 heavy (non-hydrogen) atoms. The Balaban J connectivity index is 3.36. The van der Waals surface area contributed by atoms with Crippen LogP contribution in [0.2, 0.25) is 0 Å². The summed E-state index contributed by atoms with van der Waals surface area (Å²) in [5.74, 6) is 0.131. The van der Waals surface area contributed by atoms with Crippen LogP contribution in [0.1, 0.15) is 13.8 Å². The van der Waals surface area contributed by atoms with E-state index in [2.05, 4.69) is 0 Å². The minimum Gasteiger partial charge on any atom is -0.508 e. The van der Waals surface area contributed by atoms with Crippen molar-refractivity contribution in [1.82, 2.24) is 4.31 Å². The predicted molar refractivity (Wildman–Crippen MR) is 64.8 cm³/mol. The fourth-order valence-corrected chi connectivity index (χ4v) is 3.20. The third-order valence-electron chi connectivity index (χ3n) is 2.47. The van der Waals surface area contributed by atoms with E-state index in [0.29, 0.717) is 13.1 Å². The van der Waals surface area contributed by atoms with Crippen molar-refractivity contribution in [3.05, 3.63) is 18.2 Å². The summed E-state index contributed by atoms with van der Waals surface area (Å²) in [6, 6.07) is 4.03. The van der Waals surface area contributed by atoms with E-state index in [4.69, 9.17) is 4.74 Å². The van der Waals surface area contributed by atoms with Crippen LogP contribution in [0.25, 0.3) is 0 Å². The second kappa shape index (κ2) is 5.37. The van der Waals surface area contributed by atoms with Crippen molar-refractivity contribution in [2.45, 2.75) is 18.7 Å². The number of methoxy groups -OCH3 is 1. The first-order chi connectivity index (χ1) is 7.97. The number of nitrogens with zero attached hydrogens (tertiary/aromatic N) is 1. The second-order valence-corrected chi connectivity index (χ2v) is 5.33. The van der Waals surface area contributed by atoms with Gasteiger partial charge in [-0.05, 0) is 12.1 Å². The van der Waals surface area contributed by atoms with E-state index in [1.165, 1.54) is 29.6 Å². The Kier molecular flexibility index (Phi) is 4.36. The summed E-state index contributed by atoms with van der Waals surface area (Å²) in [4.78, 5) is -0.0105. The Hall–Kier alpha value is -1.27. The van der Waals surface area contributed by atoms with Crippen LogP contribution in [0, 0.1) is 0 Å². The number of rotatable bonds is 5. The highest BCUT2D eigenvalue weighted by molar-refractivity contribution is 7.89. The lowest BCUT2D eigenvalue weighted by Gasteiger charge is -2.20. The summed E-state index contributed by atoms with van der Waals surface area (Å²) in [6.07, 6.45) is 0. The smallest absolute Gasteiger partial charge is 0.246 e. The number of phenols is 1. The average Bonchev–Trinajstić information content (AvgIpc) is 2.30. The molecule has 0 aliphatic carbocycles. The molecule has 0 saturated heterocycles. The van der Waals surface area contributed by atoms with Gasteiger partial charge < -0.3 is 9.84 Å². The van der Waals surface area contributed by atoms with Crippen LogP contribution in [-0.4, -0.2) is 38.0 Å². The van der Waals surface area contributed by atoms with Gasteiger partial charge in [-0.1, -0.05) is 13.8 Å². The van der Waals surface area contributed by atoms with E-state index in [-0.39, 0.29) is 16.4 Å². The molecule has 0 amide bonds. The van der Waals surface area contributed by atoms with Crippen LogP contribution in [0.3, 0.4) is 0 Å². The molecule has 0 radical (unpaired) electrons. The highest BCUT2D eigenvalue weighted by Crippen LogP contribution is 2.29. The second-order valence-electron chi connectivity index (χ2n) is 3.42. The third kappa shape index (κ3) is 2.70. The fraction of sp³-hybridized carbons (Fsp3) is 0.455. The Morgan fingerprint density at radius 1 is 1.29 bits per heavy atom. The molecule has 5 nitrogen and oxygen atoms in total. The number of sulfonamides is 1. The Bertz CT molecular complexity index is 480. The first-order valence-corrected chi connectivity index (χ1v) is 6.78. The SMILES string of the molecule is CCN(CC)S(=O)(=O)c1cc(O)ccc1OC. The normalized spacial score (nSPS) is 11.8. The average molecular weight is 259 g/mol. The minimum atomic E-state index is -3.62. The van der Waals surface area contributed by atoms with E-state index in [0.717, 1.165) is 0 Å². The molecule has 0 spiro atoms. The highest BCUT2D eigenvalue weighted by atomic mass is 32.2. The molecule has 96 valence electrons. The van der Waals surface area contributed by atoms with Crippen LogP contribution in [0.15, 0.2) is 23.1 Å². The zero-order valence-electron chi connectivity index (χ0n) is 10.2. The summed E-state index contributed by atoms with van der Waals surface area (Å²) >= 11 is 0. The first-order valence-electron chi connectivity index (χ1n) is 5.34. The Labute approximate surface area is 102 Å². The Morgan fingerprint density at radius 3 is 2.35 bits per heavy atom. The molecular weight excluding hydrogens is 242 g/mol. The predicted octanol–water partition coefficient (Wildman–Crippen LogP) is 1.43. The van der Waals surface area contributed by atoms with Gasteiger partial charge in [0.05, 0.1) is 7.11 Å². The Morgan fingerprint density at radius 2 is 1.88 bits per heavy atom. The molecule has 0 fully saturated rings. The van der Waals surface area contributed by atoms with Crippen LogP contribution in [0.5, 0.6) is 11.5 Å². The van der Waals surface area contributed by atoms with Crippen molar-refractivity contribution in [3.63, 3.8) is 0 Å². The first kappa shape index (κ1) is 13.8. The summed E-state index contributed by atoms with van der Waals surface area (Å²) in [7, 11) is -2.22. The van der Waals surface area contributed by atoms with Gasteiger partial charge in [0.2, 0.25) is 10.0 Å². The maximum Gasteiger partial charge on any atom is 0.246 e. The van der Waals surface area contributed by atoms with Crippen molar-refractivity contribution >= 4 is 10.0 Å². The van der Waals surface area contributed by atoms with Crippen LogP contribution in [0.4, 0.5) is 0 Å². The van der Waals surface area contributed by atoms with E-state index in [1.807, 2.05) is 0 Å². The van der Waals surface area contributed by atoms with Crippen molar-refractivity contribution in [2.75, 3.05) is 20.2 Å². The van der Waals surface area contributed by atoms with Gasteiger partial charge >= 0.3 is 0 Å². The van der Waals surface area contributed by atoms with Crippen LogP contribution >= 0.6 is 0 Å². The fourth-order valence-electron chi connectivity index (χ4n) is 1.57. The van der Waals surface area contributed by atoms with Gasteiger partial charge in [0.1, 0.15) is 16.4 Å². The molecule has 1 N–H and O–H groups in total. The zero-order chi connectivity index (χ0) is 13.1. The van der Waals surface area contributed by atoms with Gasteiger partial charge in [0, 0.05) is 19.2 Å². The van der Waals surface area contributed by atoms with Gasteiger partial charge in [0.25, 0.3) is 0 Å². The highest BCUT2D eigenvalue weighted by Gasteiger charge is 2.25. The molecule has 0 unspecified atom stereocenters. The quantitative estimate of drug-likeness (QED) is 0.868. The molecule has 1 aromatic rings. The molecule has 0 saturated carbocycles. The number of hydrogen-bond donors (Lipinski definition) is 1. The van der Waals surface area contributed by atoms with Gasteiger partial charge in [-0.25, -0.2) is 8.42 Å². The third-order valence-corrected chi connectivity index (χ3v) is 4.54. The lowest BCUT2D eigenvalue weighted by atomic mass is 10.3. The maximum atomic E-state index is 12.3. The summed E-state index contributed by atoms with van der Waals surface area (Å²) in [5, 5.41) is 9.39. The van der Waals surface area contributed by atoms with Gasteiger partial charge in [0.15, 0.2) is 0 Å². The van der Waals surface area contributed by atoms with Crippen molar-refractivity contribution in [1.29, 1.82) is 0 Å². The maximum absolute atomic E-state index is 12.3. The molecule has 0 aliphatic rings. The molecular formula is C11H17NO4S. The van der Waals surface area contributed by atoms with E-state index < -0.39 is 10.0 Å². The molecule has 0 aliphatic heterocycles. The molecule has 6 heteroatoms. The van der Waals surface area contributed by atoms with Gasteiger partial charge in [-0.15, -0.1) is 0 Å². The lowest BCUT2D eigenvalue weighted by molar-refractivity contribution is 0.392. The summed E-state index contributed by atoms with van der Waals surface area (Å²) < 4.78 is 30.8.